The molecule has 6 heteroatoms. The SMILES string of the molecule is CC1(C(=O)O)CCN(Cc2cc(Cl)cc(Cl)c2O)C1. The zero-order chi connectivity index (χ0) is 14.2. The van der Waals surface area contributed by atoms with Gasteiger partial charge in [0.15, 0.2) is 0 Å². The predicted octanol–water partition coefficient (Wildman–Crippen LogP) is 3.00. The summed E-state index contributed by atoms with van der Waals surface area (Å²) in [6.07, 6.45) is 0.595. The van der Waals surface area contributed by atoms with Crippen molar-refractivity contribution >= 4 is 29.2 Å². The Morgan fingerprint density at radius 1 is 1.47 bits per heavy atom. The van der Waals surface area contributed by atoms with Gasteiger partial charge in [-0.3, -0.25) is 9.69 Å². The van der Waals surface area contributed by atoms with E-state index in [0.717, 1.165) is 0 Å². The number of carbonyl (C=O) groups is 1. The van der Waals surface area contributed by atoms with Crippen molar-refractivity contribution in [3.05, 3.63) is 27.7 Å². The molecule has 1 saturated heterocycles. The van der Waals surface area contributed by atoms with Gasteiger partial charge in [-0.15, -0.1) is 0 Å². The van der Waals surface area contributed by atoms with Gasteiger partial charge < -0.3 is 10.2 Å². The molecule has 0 aliphatic carbocycles. The van der Waals surface area contributed by atoms with Crippen LogP contribution in [-0.2, 0) is 11.3 Å². The van der Waals surface area contributed by atoms with Gasteiger partial charge in [-0.05, 0) is 32.0 Å². The van der Waals surface area contributed by atoms with E-state index in [9.17, 15) is 15.0 Å². The second kappa shape index (κ2) is 5.19. The van der Waals surface area contributed by atoms with Gasteiger partial charge in [0.1, 0.15) is 5.75 Å². The number of phenolic OH excluding ortho intramolecular Hbond substituents is 1. The number of likely N-dealkylation sites (tertiary alicyclic amines) is 1. The molecule has 1 aromatic rings. The van der Waals surface area contributed by atoms with Crippen LogP contribution in [-0.4, -0.2) is 34.2 Å². The van der Waals surface area contributed by atoms with Crippen LogP contribution in [0.15, 0.2) is 12.1 Å². The largest absolute Gasteiger partial charge is 0.506 e. The van der Waals surface area contributed by atoms with Crippen molar-refractivity contribution in [3.8, 4) is 5.75 Å². The minimum absolute atomic E-state index is 0.00925. The minimum atomic E-state index is -0.789. The van der Waals surface area contributed by atoms with Gasteiger partial charge in [0, 0.05) is 23.7 Å². The van der Waals surface area contributed by atoms with Crippen LogP contribution in [0.25, 0.3) is 0 Å². The molecule has 1 fully saturated rings. The van der Waals surface area contributed by atoms with E-state index in [1.54, 1.807) is 13.0 Å². The van der Waals surface area contributed by atoms with Crippen molar-refractivity contribution in [2.45, 2.75) is 19.9 Å². The number of halogens is 2. The third-order valence-corrected chi connectivity index (χ3v) is 4.08. The summed E-state index contributed by atoms with van der Waals surface area (Å²) >= 11 is 11.8. The van der Waals surface area contributed by atoms with E-state index < -0.39 is 11.4 Å². The maximum atomic E-state index is 11.2. The van der Waals surface area contributed by atoms with Gasteiger partial charge in [0.05, 0.1) is 10.4 Å². The quantitative estimate of drug-likeness (QED) is 0.901. The van der Waals surface area contributed by atoms with Gasteiger partial charge in [-0.25, -0.2) is 0 Å². The fraction of sp³-hybridized carbons (Fsp3) is 0.462. The Bertz CT molecular complexity index is 521. The highest BCUT2D eigenvalue weighted by Gasteiger charge is 2.40. The lowest BCUT2D eigenvalue weighted by Crippen LogP contribution is -2.31. The highest BCUT2D eigenvalue weighted by atomic mass is 35.5. The van der Waals surface area contributed by atoms with E-state index in [1.165, 1.54) is 6.07 Å². The van der Waals surface area contributed by atoms with Crippen LogP contribution in [0.3, 0.4) is 0 Å². The molecule has 1 unspecified atom stereocenters. The van der Waals surface area contributed by atoms with Crippen molar-refractivity contribution in [3.63, 3.8) is 0 Å². The van der Waals surface area contributed by atoms with E-state index in [1.807, 2.05) is 4.90 Å². The second-order valence-corrected chi connectivity index (χ2v) is 6.07. The number of hydrogen-bond acceptors (Lipinski definition) is 3. The molecule has 2 N–H and O–H groups in total. The molecule has 0 bridgehead atoms. The number of carboxylic acids is 1. The van der Waals surface area contributed by atoms with Crippen LogP contribution in [0.5, 0.6) is 5.75 Å². The van der Waals surface area contributed by atoms with Crippen molar-refractivity contribution in [1.82, 2.24) is 4.90 Å². The van der Waals surface area contributed by atoms with Crippen LogP contribution < -0.4 is 0 Å². The average Bonchev–Trinajstić information content (AvgIpc) is 2.69. The van der Waals surface area contributed by atoms with E-state index >= 15 is 0 Å². The summed E-state index contributed by atoms with van der Waals surface area (Å²) in [6.45, 7) is 3.30. The molecule has 1 aromatic carbocycles. The molecular weight excluding hydrogens is 289 g/mol. The fourth-order valence-corrected chi connectivity index (χ4v) is 2.88. The molecule has 1 aliphatic rings. The summed E-state index contributed by atoms with van der Waals surface area (Å²) < 4.78 is 0. The molecule has 19 heavy (non-hydrogen) atoms. The molecule has 0 amide bonds. The third kappa shape index (κ3) is 2.96. The highest BCUT2D eigenvalue weighted by Crippen LogP contribution is 2.35. The Morgan fingerprint density at radius 2 is 2.16 bits per heavy atom. The van der Waals surface area contributed by atoms with Crippen LogP contribution in [0.1, 0.15) is 18.9 Å². The van der Waals surface area contributed by atoms with E-state index in [0.29, 0.717) is 36.6 Å². The minimum Gasteiger partial charge on any atom is -0.506 e. The lowest BCUT2D eigenvalue weighted by Gasteiger charge is -2.20. The maximum absolute atomic E-state index is 11.2. The summed E-state index contributed by atoms with van der Waals surface area (Å²) in [6, 6.07) is 3.13. The molecule has 1 atom stereocenters. The van der Waals surface area contributed by atoms with Gasteiger partial charge in [0.2, 0.25) is 0 Å². The van der Waals surface area contributed by atoms with Gasteiger partial charge in [-0.1, -0.05) is 23.2 Å². The Hall–Kier alpha value is -0.970. The van der Waals surface area contributed by atoms with E-state index in [-0.39, 0.29) is 10.8 Å². The van der Waals surface area contributed by atoms with Crippen LogP contribution in [0.2, 0.25) is 10.0 Å². The number of rotatable bonds is 3. The van der Waals surface area contributed by atoms with E-state index in [4.69, 9.17) is 23.2 Å². The van der Waals surface area contributed by atoms with Gasteiger partial charge >= 0.3 is 5.97 Å². The molecule has 0 saturated carbocycles. The number of phenols is 1. The lowest BCUT2D eigenvalue weighted by atomic mass is 9.90. The second-order valence-electron chi connectivity index (χ2n) is 5.22. The number of carboxylic acid groups (broad SMARTS) is 1. The maximum Gasteiger partial charge on any atom is 0.310 e. The smallest absolute Gasteiger partial charge is 0.310 e. The Labute approximate surface area is 121 Å². The molecule has 0 radical (unpaired) electrons. The lowest BCUT2D eigenvalue weighted by molar-refractivity contribution is -0.147. The van der Waals surface area contributed by atoms with Crippen LogP contribution >= 0.6 is 23.2 Å². The first kappa shape index (κ1) is 14.4. The topological polar surface area (TPSA) is 60.8 Å². The predicted molar refractivity (Wildman–Crippen MR) is 73.8 cm³/mol. The molecule has 1 aliphatic heterocycles. The molecule has 1 heterocycles. The summed E-state index contributed by atoms with van der Waals surface area (Å²) in [5, 5.41) is 19.7. The van der Waals surface area contributed by atoms with Crippen molar-refractivity contribution in [2.24, 2.45) is 5.41 Å². The van der Waals surface area contributed by atoms with Crippen molar-refractivity contribution < 1.29 is 15.0 Å². The number of benzene rings is 1. The molecule has 0 spiro atoms. The molecule has 2 rings (SSSR count). The first-order chi connectivity index (χ1) is 8.82. The van der Waals surface area contributed by atoms with Gasteiger partial charge in [0.25, 0.3) is 0 Å². The standard InChI is InChI=1S/C13H15Cl2NO3/c1-13(12(18)19)2-3-16(7-13)6-8-4-9(14)5-10(15)11(8)17/h4-5,17H,2-3,6-7H2,1H3,(H,18,19). The normalized spacial score (nSPS) is 23.7. The number of aromatic hydroxyl groups is 1. The summed E-state index contributed by atoms with van der Waals surface area (Å²) in [4.78, 5) is 13.2. The molecule has 4 nitrogen and oxygen atoms in total. The monoisotopic (exact) mass is 303 g/mol. The third-order valence-electron chi connectivity index (χ3n) is 3.57. The summed E-state index contributed by atoms with van der Waals surface area (Å²) in [7, 11) is 0. The van der Waals surface area contributed by atoms with Crippen molar-refractivity contribution in [2.75, 3.05) is 13.1 Å². The first-order valence-electron chi connectivity index (χ1n) is 5.94. The Kier molecular flexibility index (Phi) is 3.95. The fourth-order valence-electron chi connectivity index (χ4n) is 2.35. The molecule has 0 aromatic heterocycles. The number of nitrogens with zero attached hydrogens (tertiary/aromatic N) is 1. The van der Waals surface area contributed by atoms with Crippen LogP contribution in [0.4, 0.5) is 0 Å². The average molecular weight is 304 g/mol. The zero-order valence-corrected chi connectivity index (χ0v) is 12.0. The zero-order valence-electron chi connectivity index (χ0n) is 10.5. The summed E-state index contributed by atoms with van der Waals surface area (Å²) in [5.74, 6) is -0.779. The van der Waals surface area contributed by atoms with E-state index in [2.05, 4.69) is 0 Å². The number of aliphatic carboxylic acids is 1. The highest BCUT2D eigenvalue weighted by molar-refractivity contribution is 6.35. The molecular formula is C13H15Cl2NO3. The summed E-state index contributed by atoms with van der Waals surface area (Å²) in [5.41, 5.74) is -0.106. The Balaban J connectivity index is 2.14. The van der Waals surface area contributed by atoms with Crippen molar-refractivity contribution in [1.29, 1.82) is 0 Å². The number of hydrogen-bond donors (Lipinski definition) is 2. The van der Waals surface area contributed by atoms with Gasteiger partial charge in [-0.2, -0.15) is 0 Å². The Morgan fingerprint density at radius 3 is 2.74 bits per heavy atom. The molecule has 104 valence electrons. The first-order valence-corrected chi connectivity index (χ1v) is 6.70. The van der Waals surface area contributed by atoms with Crippen LogP contribution in [0, 0.1) is 5.41 Å².